The Morgan fingerprint density at radius 1 is 1.26 bits per heavy atom. The normalized spacial score (nSPS) is 11.6. The Hall–Kier alpha value is -2.10. The van der Waals surface area contributed by atoms with Crippen molar-refractivity contribution in [1.29, 1.82) is 0 Å². The van der Waals surface area contributed by atoms with E-state index in [-0.39, 0.29) is 11.1 Å². The predicted octanol–water partition coefficient (Wildman–Crippen LogP) is 3.18. The molecule has 0 spiro atoms. The van der Waals surface area contributed by atoms with Crippen LogP contribution in [0, 0.1) is 6.92 Å². The van der Waals surface area contributed by atoms with Gasteiger partial charge in [0.1, 0.15) is 0 Å². The molecule has 2 aromatic rings. The first kappa shape index (κ1) is 13.3. The third-order valence-electron chi connectivity index (χ3n) is 3.14. The zero-order valence-corrected chi connectivity index (χ0v) is 11.6. The molecule has 100 valence electrons. The maximum Gasteiger partial charge on any atom is 0.354 e. The standard InChI is InChI=1S/C15H18N2O2/c1-10-5-6-11(9-12(10)15(2,3)4)17-13(14(18)19)7-8-16-17/h5-9H,1-4H3,(H,18,19). The molecule has 0 amide bonds. The lowest BCUT2D eigenvalue weighted by Gasteiger charge is -2.22. The molecule has 4 nitrogen and oxygen atoms in total. The van der Waals surface area contributed by atoms with Crippen LogP contribution in [0.5, 0.6) is 0 Å². The van der Waals surface area contributed by atoms with Gasteiger partial charge in [0, 0.05) is 0 Å². The van der Waals surface area contributed by atoms with Crippen molar-refractivity contribution in [1.82, 2.24) is 9.78 Å². The highest BCUT2D eigenvalue weighted by molar-refractivity contribution is 5.86. The van der Waals surface area contributed by atoms with Gasteiger partial charge in [-0.15, -0.1) is 0 Å². The number of hydrogen-bond acceptors (Lipinski definition) is 2. The molecule has 0 saturated heterocycles. The summed E-state index contributed by atoms with van der Waals surface area (Å²) in [5.41, 5.74) is 3.34. The highest BCUT2D eigenvalue weighted by atomic mass is 16.4. The summed E-state index contributed by atoms with van der Waals surface area (Å²) in [7, 11) is 0. The third-order valence-corrected chi connectivity index (χ3v) is 3.14. The molecule has 0 unspecified atom stereocenters. The van der Waals surface area contributed by atoms with Gasteiger partial charge in [0.2, 0.25) is 0 Å². The van der Waals surface area contributed by atoms with Crippen molar-refractivity contribution in [3.63, 3.8) is 0 Å². The summed E-state index contributed by atoms with van der Waals surface area (Å²) in [5, 5.41) is 13.2. The van der Waals surface area contributed by atoms with Crippen molar-refractivity contribution in [2.75, 3.05) is 0 Å². The molecule has 1 heterocycles. The van der Waals surface area contributed by atoms with Crippen LogP contribution < -0.4 is 0 Å². The summed E-state index contributed by atoms with van der Waals surface area (Å²) in [6, 6.07) is 7.40. The average molecular weight is 258 g/mol. The zero-order valence-electron chi connectivity index (χ0n) is 11.6. The van der Waals surface area contributed by atoms with Gasteiger partial charge in [-0.25, -0.2) is 9.48 Å². The third kappa shape index (κ3) is 2.52. The molecule has 0 bridgehead atoms. The van der Waals surface area contributed by atoms with Crippen LogP contribution in [0.15, 0.2) is 30.5 Å². The number of rotatable bonds is 2. The van der Waals surface area contributed by atoms with Crippen molar-refractivity contribution in [3.05, 3.63) is 47.3 Å². The van der Waals surface area contributed by atoms with Gasteiger partial charge >= 0.3 is 5.97 Å². The molecule has 0 saturated carbocycles. The van der Waals surface area contributed by atoms with E-state index in [9.17, 15) is 4.79 Å². The number of aromatic nitrogens is 2. The molecular weight excluding hydrogens is 240 g/mol. The van der Waals surface area contributed by atoms with Crippen LogP contribution in [0.4, 0.5) is 0 Å². The van der Waals surface area contributed by atoms with Crippen molar-refractivity contribution in [3.8, 4) is 5.69 Å². The van der Waals surface area contributed by atoms with Crippen LogP contribution in [-0.4, -0.2) is 20.9 Å². The topological polar surface area (TPSA) is 55.1 Å². The Labute approximate surface area is 112 Å². The number of nitrogens with zero attached hydrogens (tertiary/aromatic N) is 2. The quantitative estimate of drug-likeness (QED) is 0.900. The molecular formula is C15H18N2O2. The number of carboxylic acid groups (broad SMARTS) is 1. The predicted molar refractivity (Wildman–Crippen MR) is 74.0 cm³/mol. The van der Waals surface area contributed by atoms with E-state index in [4.69, 9.17) is 5.11 Å². The second kappa shape index (κ2) is 4.53. The smallest absolute Gasteiger partial charge is 0.354 e. The lowest BCUT2D eigenvalue weighted by Crippen LogP contribution is -2.15. The second-order valence-electron chi connectivity index (χ2n) is 5.68. The SMILES string of the molecule is Cc1ccc(-n2nccc2C(=O)O)cc1C(C)(C)C. The van der Waals surface area contributed by atoms with Crippen LogP contribution in [0.1, 0.15) is 42.4 Å². The second-order valence-corrected chi connectivity index (χ2v) is 5.68. The molecule has 19 heavy (non-hydrogen) atoms. The fourth-order valence-electron chi connectivity index (χ4n) is 2.22. The Morgan fingerprint density at radius 3 is 2.53 bits per heavy atom. The Morgan fingerprint density at radius 2 is 1.95 bits per heavy atom. The average Bonchev–Trinajstić information content (AvgIpc) is 2.77. The largest absolute Gasteiger partial charge is 0.477 e. The summed E-state index contributed by atoms with van der Waals surface area (Å²) >= 11 is 0. The van der Waals surface area contributed by atoms with Crippen LogP contribution in [0.3, 0.4) is 0 Å². The number of benzene rings is 1. The lowest BCUT2D eigenvalue weighted by atomic mass is 9.84. The van der Waals surface area contributed by atoms with Gasteiger partial charge in [0.25, 0.3) is 0 Å². The highest BCUT2D eigenvalue weighted by Crippen LogP contribution is 2.27. The van der Waals surface area contributed by atoms with Gasteiger partial charge in [0.15, 0.2) is 5.69 Å². The van der Waals surface area contributed by atoms with Gasteiger partial charge in [0.05, 0.1) is 11.9 Å². The van der Waals surface area contributed by atoms with Crippen LogP contribution >= 0.6 is 0 Å². The molecule has 1 aromatic carbocycles. The van der Waals surface area contributed by atoms with E-state index in [1.807, 2.05) is 18.2 Å². The number of carbonyl (C=O) groups is 1. The molecule has 0 aliphatic heterocycles. The van der Waals surface area contributed by atoms with E-state index in [1.165, 1.54) is 28.1 Å². The molecule has 0 radical (unpaired) electrons. The van der Waals surface area contributed by atoms with E-state index in [0.29, 0.717) is 0 Å². The monoisotopic (exact) mass is 258 g/mol. The summed E-state index contributed by atoms with van der Waals surface area (Å²) < 4.78 is 1.46. The Bertz CT molecular complexity index is 621. The summed E-state index contributed by atoms with van der Waals surface area (Å²) in [5.74, 6) is -0.976. The van der Waals surface area contributed by atoms with E-state index < -0.39 is 5.97 Å². The molecule has 0 atom stereocenters. The fraction of sp³-hybridized carbons (Fsp3) is 0.333. The first-order valence-corrected chi connectivity index (χ1v) is 6.19. The number of hydrogen-bond donors (Lipinski definition) is 1. The maximum absolute atomic E-state index is 11.1. The minimum atomic E-state index is -0.976. The fourth-order valence-corrected chi connectivity index (χ4v) is 2.22. The first-order valence-electron chi connectivity index (χ1n) is 6.19. The lowest BCUT2D eigenvalue weighted by molar-refractivity contribution is 0.0687. The van der Waals surface area contributed by atoms with E-state index in [0.717, 1.165) is 5.69 Å². The molecule has 0 aliphatic carbocycles. The van der Waals surface area contributed by atoms with Crippen molar-refractivity contribution < 1.29 is 9.90 Å². The zero-order chi connectivity index (χ0) is 14.2. The van der Waals surface area contributed by atoms with Gasteiger partial charge in [-0.2, -0.15) is 5.10 Å². The van der Waals surface area contributed by atoms with Crippen LogP contribution in [0.25, 0.3) is 5.69 Å². The van der Waals surface area contributed by atoms with Gasteiger partial charge in [-0.3, -0.25) is 0 Å². The summed E-state index contributed by atoms with van der Waals surface area (Å²) in [6.07, 6.45) is 1.50. The van der Waals surface area contributed by atoms with Gasteiger partial charge in [-0.05, 0) is 41.7 Å². The first-order chi connectivity index (χ1) is 8.80. The minimum absolute atomic E-state index is 0.0105. The summed E-state index contributed by atoms with van der Waals surface area (Å²) in [6.45, 7) is 8.48. The highest BCUT2D eigenvalue weighted by Gasteiger charge is 2.18. The van der Waals surface area contributed by atoms with Crippen molar-refractivity contribution in [2.24, 2.45) is 0 Å². The van der Waals surface area contributed by atoms with Crippen LogP contribution in [-0.2, 0) is 5.41 Å². The number of aromatic carboxylic acids is 1. The van der Waals surface area contributed by atoms with Crippen molar-refractivity contribution in [2.45, 2.75) is 33.1 Å². The minimum Gasteiger partial charge on any atom is -0.477 e. The van der Waals surface area contributed by atoms with E-state index in [1.54, 1.807) is 0 Å². The molecule has 0 fully saturated rings. The molecule has 4 heteroatoms. The molecule has 0 aliphatic rings. The summed E-state index contributed by atoms with van der Waals surface area (Å²) in [4.78, 5) is 11.1. The van der Waals surface area contributed by atoms with Crippen LogP contribution in [0.2, 0.25) is 0 Å². The van der Waals surface area contributed by atoms with Gasteiger partial charge < -0.3 is 5.11 Å². The molecule has 1 aromatic heterocycles. The maximum atomic E-state index is 11.1. The Balaban J connectivity index is 2.58. The molecule has 1 N–H and O–H groups in total. The number of carboxylic acids is 1. The van der Waals surface area contributed by atoms with Crippen molar-refractivity contribution >= 4 is 5.97 Å². The Kier molecular flexibility index (Phi) is 3.18. The van der Waals surface area contributed by atoms with Gasteiger partial charge in [-0.1, -0.05) is 26.8 Å². The molecule has 2 rings (SSSR count). The van der Waals surface area contributed by atoms with E-state index in [2.05, 4.69) is 32.8 Å². The number of aryl methyl sites for hydroxylation is 1. The van der Waals surface area contributed by atoms with E-state index >= 15 is 0 Å².